The van der Waals surface area contributed by atoms with Gasteiger partial charge >= 0.3 is 0 Å². The highest BCUT2D eigenvalue weighted by molar-refractivity contribution is 7.80. The third kappa shape index (κ3) is 3.01. The van der Waals surface area contributed by atoms with Gasteiger partial charge in [0.05, 0.1) is 10.4 Å². The van der Waals surface area contributed by atoms with E-state index in [0.29, 0.717) is 17.5 Å². The molecule has 1 aromatic rings. The number of carbonyl (C=O) groups excluding carboxylic acids is 1. The van der Waals surface area contributed by atoms with Crippen LogP contribution in [0.3, 0.4) is 0 Å². The fourth-order valence-electron chi connectivity index (χ4n) is 2.64. The smallest absolute Gasteiger partial charge is 0.233 e. The molecule has 0 saturated heterocycles. The van der Waals surface area contributed by atoms with Crippen molar-refractivity contribution < 1.29 is 4.79 Å². The maximum Gasteiger partial charge on any atom is 0.233 e. The molecule has 108 valence electrons. The number of nitrogens with two attached hydrogens (primary N) is 1. The van der Waals surface area contributed by atoms with Crippen molar-refractivity contribution in [2.45, 2.75) is 38.5 Å². The Hall–Kier alpha value is -1.42. The monoisotopic (exact) mass is 290 g/mol. The highest BCUT2D eigenvalue weighted by Gasteiger charge is 2.46. The maximum absolute atomic E-state index is 12.2. The van der Waals surface area contributed by atoms with Crippen LogP contribution in [0, 0.1) is 5.41 Å². The van der Waals surface area contributed by atoms with Gasteiger partial charge in [-0.1, -0.05) is 55.9 Å². The summed E-state index contributed by atoms with van der Waals surface area (Å²) in [6.07, 6.45) is 3.54. The molecule has 1 aliphatic rings. The van der Waals surface area contributed by atoms with Crippen LogP contribution in [0.15, 0.2) is 30.3 Å². The zero-order valence-corrected chi connectivity index (χ0v) is 12.7. The molecule has 0 aromatic heterocycles. The van der Waals surface area contributed by atoms with Gasteiger partial charge in [-0.15, -0.1) is 0 Å². The van der Waals surface area contributed by atoms with E-state index in [1.54, 1.807) is 0 Å². The number of amides is 1. The second kappa shape index (κ2) is 6.35. The lowest BCUT2D eigenvalue weighted by Gasteiger charge is -2.39. The van der Waals surface area contributed by atoms with E-state index < -0.39 is 5.41 Å². The first kappa shape index (κ1) is 15.0. The fraction of sp³-hybridized carbons (Fsp3) is 0.500. The summed E-state index contributed by atoms with van der Waals surface area (Å²) in [5.41, 5.74) is 6.46. The predicted octanol–water partition coefficient (Wildman–Crippen LogP) is 2.75. The zero-order valence-electron chi connectivity index (χ0n) is 11.9. The quantitative estimate of drug-likeness (QED) is 0.792. The largest absolute Gasteiger partial charge is 0.392 e. The second-order valence-electron chi connectivity index (χ2n) is 5.66. The van der Waals surface area contributed by atoms with Gasteiger partial charge in [0.1, 0.15) is 0 Å². The van der Waals surface area contributed by atoms with Crippen LogP contribution < -0.4 is 11.1 Å². The predicted molar refractivity (Wildman–Crippen MR) is 85.6 cm³/mol. The van der Waals surface area contributed by atoms with Crippen LogP contribution in [0.4, 0.5) is 0 Å². The minimum atomic E-state index is -0.564. The van der Waals surface area contributed by atoms with Crippen molar-refractivity contribution in [3.63, 3.8) is 0 Å². The maximum atomic E-state index is 12.2. The first-order valence-electron chi connectivity index (χ1n) is 7.19. The molecule has 0 heterocycles. The number of nitrogens with one attached hydrogen (secondary N) is 1. The second-order valence-corrected chi connectivity index (χ2v) is 6.10. The van der Waals surface area contributed by atoms with Gasteiger partial charge in [-0.3, -0.25) is 4.79 Å². The van der Waals surface area contributed by atoms with Gasteiger partial charge in [0.15, 0.2) is 0 Å². The standard InChI is InChI=1S/C16H22N2OS/c1-12(13-6-3-2-4-7-13)8-11-18-15(19)16(14(17)20)9-5-10-16/h2-4,6-7,12H,5,8-11H2,1H3,(H2,17,20)(H,18,19). The van der Waals surface area contributed by atoms with E-state index >= 15 is 0 Å². The molecule has 1 aliphatic carbocycles. The van der Waals surface area contributed by atoms with Crippen LogP contribution in [0.2, 0.25) is 0 Å². The van der Waals surface area contributed by atoms with Crippen LogP contribution >= 0.6 is 12.2 Å². The molecule has 1 saturated carbocycles. The van der Waals surface area contributed by atoms with E-state index in [2.05, 4.69) is 24.4 Å². The summed E-state index contributed by atoms with van der Waals surface area (Å²) in [5, 5.41) is 3.00. The average molecular weight is 290 g/mol. The zero-order chi connectivity index (χ0) is 14.6. The molecule has 0 aliphatic heterocycles. The molecule has 0 spiro atoms. The molecule has 1 aromatic carbocycles. The number of hydrogen-bond acceptors (Lipinski definition) is 2. The van der Waals surface area contributed by atoms with E-state index in [4.69, 9.17) is 18.0 Å². The molecule has 0 bridgehead atoms. The lowest BCUT2D eigenvalue weighted by molar-refractivity contribution is -0.130. The van der Waals surface area contributed by atoms with Crippen molar-refractivity contribution in [1.29, 1.82) is 0 Å². The van der Waals surface area contributed by atoms with Gasteiger partial charge in [0.2, 0.25) is 5.91 Å². The first-order chi connectivity index (χ1) is 9.56. The van der Waals surface area contributed by atoms with Gasteiger partial charge < -0.3 is 11.1 Å². The Morgan fingerprint density at radius 3 is 2.55 bits per heavy atom. The molecule has 3 nitrogen and oxygen atoms in total. The highest BCUT2D eigenvalue weighted by Crippen LogP contribution is 2.41. The van der Waals surface area contributed by atoms with Gasteiger partial charge in [0.25, 0.3) is 0 Å². The molecular formula is C16H22N2OS. The van der Waals surface area contributed by atoms with Crippen LogP contribution in [0.25, 0.3) is 0 Å². The summed E-state index contributed by atoms with van der Waals surface area (Å²) >= 11 is 5.05. The number of hydrogen-bond donors (Lipinski definition) is 2. The van der Waals surface area contributed by atoms with Crippen molar-refractivity contribution in [3.05, 3.63) is 35.9 Å². The van der Waals surface area contributed by atoms with Crippen LogP contribution in [0.1, 0.15) is 44.1 Å². The lowest BCUT2D eigenvalue weighted by atomic mass is 9.68. The molecule has 20 heavy (non-hydrogen) atoms. The number of benzene rings is 1. The topological polar surface area (TPSA) is 55.1 Å². The molecule has 2 rings (SSSR count). The van der Waals surface area contributed by atoms with Gasteiger partial charge in [-0.25, -0.2) is 0 Å². The number of thiocarbonyl (C=S) groups is 1. The molecule has 4 heteroatoms. The van der Waals surface area contributed by atoms with Gasteiger partial charge in [-0.05, 0) is 30.7 Å². The average Bonchev–Trinajstić information content (AvgIpc) is 2.37. The molecule has 1 unspecified atom stereocenters. The summed E-state index contributed by atoms with van der Waals surface area (Å²) in [6.45, 7) is 2.84. The molecule has 0 radical (unpaired) electrons. The van der Waals surface area contributed by atoms with Crippen molar-refractivity contribution >= 4 is 23.1 Å². The van der Waals surface area contributed by atoms with E-state index in [1.807, 2.05) is 18.2 Å². The molecule has 1 amide bonds. The summed E-state index contributed by atoms with van der Waals surface area (Å²) in [5.74, 6) is 0.440. The van der Waals surface area contributed by atoms with Crippen molar-refractivity contribution in [2.24, 2.45) is 11.1 Å². The van der Waals surface area contributed by atoms with Gasteiger partial charge in [-0.2, -0.15) is 0 Å². The Balaban J connectivity index is 1.81. The fourth-order valence-corrected chi connectivity index (χ4v) is 2.93. The van der Waals surface area contributed by atoms with Crippen molar-refractivity contribution in [1.82, 2.24) is 5.32 Å². The Labute approximate surface area is 125 Å². The third-order valence-corrected chi connectivity index (χ3v) is 4.74. The van der Waals surface area contributed by atoms with E-state index in [9.17, 15) is 4.79 Å². The normalized spacial score (nSPS) is 17.9. The third-order valence-electron chi connectivity index (χ3n) is 4.34. The number of rotatable bonds is 6. The van der Waals surface area contributed by atoms with Gasteiger partial charge in [0, 0.05) is 6.54 Å². The summed E-state index contributed by atoms with van der Waals surface area (Å²) in [6, 6.07) is 10.3. The van der Waals surface area contributed by atoms with E-state index in [-0.39, 0.29) is 5.91 Å². The Kier molecular flexibility index (Phi) is 4.76. The summed E-state index contributed by atoms with van der Waals surface area (Å²) < 4.78 is 0. The van der Waals surface area contributed by atoms with Crippen molar-refractivity contribution in [2.75, 3.05) is 6.54 Å². The first-order valence-corrected chi connectivity index (χ1v) is 7.60. The molecule has 1 atom stereocenters. The summed E-state index contributed by atoms with van der Waals surface area (Å²) in [7, 11) is 0. The molecule has 1 fully saturated rings. The van der Waals surface area contributed by atoms with Crippen molar-refractivity contribution in [3.8, 4) is 0 Å². The Morgan fingerprint density at radius 2 is 2.05 bits per heavy atom. The Morgan fingerprint density at radius 1 is 1.40 bits per heavy atom. The molecular weight excluding hydrogens is 268 g/mol. The van der Waals surface area contributed by atoms with E-state index in [1.165, 1.54) is 5.56 Å². The van der Waals surface area contributed by atoms with Crippen LogP contribution in [0.5, 0.6) is 0 Å². The lowest BCUT2D eigenvalue weighted by Crippen LogP contribution is -2.53. The van der Waals surface area contributed by atoms with Crippen LogP contribution in [-0.4, -0.2) is 17.4 Å². The SMILES string of the molecule is CC(CCNC(=O)C1(C(N)=S)CCC1)c1ccccc1. The summed E-state index contributed by atoms with van der Waals surface area (Å²) in [4.78, 5) is 12.6. The van der Waals surface area contributed by atoms with E-state index in [0.717, 1.165) is 25.7 Å². The minimum absolute atomic E-state index is 0.0107. The number of carbonyl (C=O) groups is 1. The Bertz CT molecular complexity index is 483. The molecule has 3 N–H and O–H groups in total. The minimum Gasteiger partial charge on any atom is -0.392 e. The highest BCUT2D eigenvalue weighted by atomic mass is 32.1. The van der Waals surface area contributed by atoms with Crippen LogP contribution in [-0.2, 0) is 4.79 Å².